The fourth-order valence-electron chi connectivity index (χ4n) is 1.41. The molecular weight excluding hydrogens is 277 g/mol. The molecule has 4 nitrogen and oxygen atoms in total. The van der Waals surface area contributed by atoms with E-state index in [4.69, 9.17) is 32.7 Å². The number of benzene rings is 1. The third kappa shape index (κ3) is 2.78. The fraction of sp³-hybridized carbons (Fsp3) is 0.0833. The van der Waals surface area contributed by atoms with Crippen molar-refractivity contribution in [2.24, 2.45) is 0 Å². The number of carbonyl (C=O) groups is 1. The molecule has 0 radical (unpaired) electrons. The maximum atomic E-state index is 10.6. The van der Waals surface area contributed by atoms with E-state index in [0.29, 0.717) is 28.0 Å². The molecular formula is C12H9Cl2NO3. The van der Waals surface area contributed by atoms with Crippen molar-refractivity contribution in [3.8, 4) is 0 Å². The van der Waals surface area contributed by atoms with E-state index >= 15 is 0 Å². The zero-order valence-electron chi connectivity index (χ0n) is 9.11. The summed E-state index contributed by atoms with van der Waals surface area (Å²) < 4.78 is 5.10. The highest BCUT2D eigenvalue weighted by Gasteiger charge is 2.09. The molecule has 0 bridgehead atoms. The highest BCUT2D eigenvalue weighted by molar-refractivity contribution is 6.43. The number of aromatic carboxylic acids is 1. The molecule has 1 aromatic heterocycles. The van der Waals surface area contributed by atoms with Gasteiger partial charge in [-0.1, -0.05) is 29.3 Å². The largest absolute Gasteiger partial charge is 0.475 e. The van der Waals surface area contributed by atoms with Crippen molar-refractivity contribution in [2.45, 2.75) is 6.54 Å². The summed E-state index contributed by atoms with van der Waals surface area (Å²) >= 11 is 11.9. The molecule has 0 saturated carbocycles. The monoisotopic (exact) mass is 285 g/mol. The first-order chi connectivity index (χ1) is 8.58. The first-order valence-corrected chi connectivity index (χ1v) is 5.83. The van der Waals surface area contributed by atoms with Gasteiger partial charge >= 0.3 is 5.97 Å². The summed E-state index contributed by atoms with van der Waals surface area (Å²) in [4.78, 5) is 10.6. The van der Waals surface area contributed by atoms with Gasteiger partial charge in [-0.2, -0.15) is 0 Å². The van der Waals surface area contributed by atoms with Crippen LogP contribution in [0.25, 0.3) is 0 Å². The predicted octanol–water partition coefficient (Wildman–Crippen LogP) is 3.90. The quantitative estimate of drug-likeness (QED) is 0.894. The number of furan rings is 1. The zero-order valence-corrected chi connectivity index (χ0v) is 10.6. The van der Waals surface area contributed by atoms with E-state index in [1.807, 2.05) is 0 Å². The van der Waals surface area contributed by atoms with Crippen molar-refractivity contribution in [1.82, 2.24) is 0 Å². The minimum absolute atomic E-state index is 0.0935. The van der Waals surface area contributed by atoms with Crippen molar-refractivity contribution >= 4 is 34.9 Å². The second kappa shape index (κ2) is 5.33. The van der Waals surface area contributed by atoms with Crippen LogP contribution >= 0.6 is 23.2 Å². The van der Waals surface area contributed by atoms with Gasteiger partial charge in [-0.3, -0.25) is 0 Å². The lowest BCUT2D eigenvalue weighted by Gasteiger charge is -2.07. The Hall–Kier alpha value is -1.65. The summed E-state index contributed by atoms with van der Waals surface area (Å²) in [6.07, 6.45) is 0. The van der Waals surface area contributed by atoms with Gasteiger partial charge in [0.15, 0.2) is 0 Å². The van der Waals surface area contributed by atoms with Gasteiger partial charge < -0.3 is 14.8 Å². The maximum absolute atomic E-state index is 10.6. The smallest absolute Gasteiger partial charge is 0.371 e. The molecule has 18 heavy (non-hydrogen) atoms. The van der Waals surface area contributed by atoms with Crippen LogP contribution in [-0.2, 0) is 6.54 Å². The number of carboxylic acids is 1. The number of anilines is 1. The minimum atomic E-state index is -1.10. The molecule has 2 aromatic rings. The third-order valence-corrected chi connectivity index (χ3v) is 3.10. The Bertz CT molecular complexity index is 580. The topological polar surface area (TPSA) is 62.5 Å². The van der Waals surface area contributed by atoms with Crippen LogP contribution in [0.15, 0.2) is 34.7 Å². The minimum Gasteiger partial charge on any atom is -0.475 e. The summed E-state index contributed by atoms with van der Waals surface area (Å²) in [5, 5.41) is 12.6. The zero-order chi connectivity index (χ0) is 13.1. The van der Waals surface area contributed by atoms with Gasteiger partial charge in [0, 0.05) is 0 Å². The summed E-state index contributed by atoms with van der Waals surface area (Å²) in [5.41, 5.74) is 0.664. The molecule has 94 valence electrons. The fourth-order valence-corrected chi connectivity index (χ4v) is 1.78. The number of rotatable bonds is 4. The van der Waals surface area contributed by atoms with Gasteiger partial charge in [-0.25, -0.2) is 4.79 Å². The van der Waals surface area contributed by atoms with Crippen molar-refractivity contribution in [2.75, 3.05) is 5.32 Å². The molecule has 0 spiro atoms. The van der Waals surface area contributed by atoms with Gasteiger partial charge in [-0.15, -0.1) is 0 Å². The molecule has 2 N–H and O–H groups in total. The summed E-state index contributed by atoms with van der Waals surface area (Å²) in [6, 6.07) is 8.22. The molecule has 0 amide bonds. The summed E-state index contributed by atoms with van der Waals surface area (Å²) in [5.74, 6) is -0.686. The van der Waals surface area contributed by atoms with Crippen LogP contribution in [0.2, 0.25) is 10.0 Å². The first-order valence-electron chi connectivity index (χ1n) is 5.08. The number of halogens is 2. The van der Waals surface area contributed by atoms with Crippen LogP contribution in [0.3, 0.4) is 0 Å². The molecule has 2 rings (SSSR count). The van der Waals surface area contributed by atoms with Gasteiger partial charge in [0.2, 0.25) is 5.76 Å². The van der Waals surface area contributed by atoms with E-state index in [0.717, 1.165) is 0 Å². The van der Waals surface area contributed by atoms with Crippen molar-refractivity contribution < 1.29 is 14.3 Å². The molecule has 0 saturated heterocycles. The van der Waals surface area contributed by atoms with E-state index in [9.17, 15) is 4.79 Å². The Morgan fingerprint density at radius 3 is 2.72 bits per heavy atom. The van der Waals surface area contributed by atoms with Crippen molar-refractivity contribution in [3.05, 3.63) is 51.9 Å². The summed E-state index contributed by atoms with van der Waals surface area (Å²) in [6.45, 7) is 0.327. The molecule has 1 heterocycles. The summed E-state index contributed by atoms with van der Waals surface area (Å²) in [7, 11) is 0. The molecule has 0 aliphatic heterocycles. The average molecular weight is 286 g/mol. The van der Waals surface area contributed by atoms with E-state index < -0.39 is 5.97 Å². The Labute approximate surface area is 113 Å². The maximum Gasteiger partial charge on any atom is 0.371 e. The molecule has 6 heteroatoms. The molecule has 0 aliphatic rings. The van der Waals surface area contributed by atoms with E-state index in [-0.39, 0.29) is 5.76 Å². The lowest BCUT2D eigenvalue weighted by Crippen LogP contribution is -1.99. The molecule has 0 aliphatic carbocycles. The van der Waals surface area contributed by atoms with Crippen LogP contribution < -0.4 is 5.32 Å². The molecule has 0 fully saturated rings. The normalized spacial score (nSPS) is 10.3. The Balaban J connectivity index is 2.07. The van der Waals surface area contributed by atoms with E-state index in [1.54, 1.807) is 24.3 Å². The Morgan fingerprint density at radius 1 is 1.28 bits per heavy atom. The average Bonchev–Trinajstić information content (AvgIpc) is 2.80. The van der Waals surface area contributed by atoms with Crippen LogP contribution in [0.5, 0.6) is 0 Å². The second-order valence-corrected chi connectivity index (χ2v) is 4.31. The SMILES string of the molecule is O=C(O)c1ccc(CNc2cccc(Cl)c2Cl)o1. The van der Waals surface area contributed by atoms with Crippen molar-refractivity contribution in [3.63, 3.8) is 0 Å². The lowest BCUT2D eigenvalue weighted by atomic mass is 10.3. The van der Waals surface area contributed by atoms with Gasteiger partial charge in [-0.05, 0) is 24.3 Å². The van der Waals surface area contributed by atoms with Crippen LogP contribution in [0.4, 0.5) is 5.69 Å². The number of hydrogen-bond acceptors (Lipinski definition) is 3. The molecule has 0 atom stereocenters. The van der Waals surface area contributed by atoms with Crippen LogP contribution in [0.1, 0.15) is 16.3 Å². The van der Waals surface area contributed by atoms with Gasteiger partial charge in [0.05, 0.1) is 22.3 Å². The van der Waals surface area contributed by atoms with E-state index in [2.05, 4.69) is 5.32 Å². The van der Waals surface area contributed by atoms with Crippen molar-refractivity contribution in [1.29, 1.82) is 0 Å². The first kappa shape index (κ1) is 12.8. The number of nitrogens with one attached hydrogen (secondary N) is 1. The number of carboxylic acid groups (broad SMARTS) is 1. The second-order valence-electron chi connectivity index (χ2n) is 3.53. The Kier molecular flexibility index (Phi) is 3.79. The third-order valence-electron chi connectivity index (χ3n) is 2.28. The Morgan fingerprint density at radius 2 is 2.06 bits per heavy atom. The highest BCUT2D eigenvalue weighted by Crippen LogP contribution is 2.29. The van der Waals surface area contributed by atoms with E-state index in [1.165, 1.54) is 6.07 Å². The predicted molar refractivity (Wildman–Crippen MR) is 69.5 cm³/mol. The van der Waals surface area contributed by atoms with Gasteiger partial charge in [0.25, 0.3) is 0 Å². The molecule has 0 unspecified atom stereocenters. The molecule has 1 aromatic carbocycles. The highest BCUT2D eigenvalue weighted by atomic mass is 35.5. The standard InChI is InChI=1S/C12H9Cl2NO3/c13-8-2-1-3-9(11(8)14)15-6-7-4-5-10(18-7)12(16)17/h1-5,15H,6H2,(H,16,17). The van der Waals surface area contributed by atoms with Crippen LogP contribution in [0, 0.1) is 0 Å². The lowest BCUT2D eigenvalue weighted by molar-refractivity contribution is 0.0660. The number of hydrogen-bond donors (Lipinski definition) is 2. The van der Waals surface area contributed by atoms with Crippen LogP contribution in [-0.4, -0.2) is 11.1 Å². The van der Waals surface area contributed by atoms with Gasteiger partial charge in [0.1, 0.15) is 5.76 Å².